The molecule has 2 N–H and O–H groups in total. The summed E-state index contributed by atoms with van der Waals surface area (Å²) in [6.07, 6.45) is 34.4. The van der Waals surface area contributed by atoms with Crippen molar-refractivity contribution in [1.29, 1.82) is 0 Å². The minimum Gasteiger partial charge on any atom is -0.481 e. The van der Waals surface area contributed by atoms with Gasteiger partial charge >= 0.3 is 5.97 Å². The van der Waals surface area contributed by atoms with Crippen molar-refractivity contribution in [1.82, 2.24) is 0 Å². The number of aliphatic hydroxyl groups is 1. The van der Waals surface area contributed by atoms with E-state index in [0.29, 0.717) is 17.3 Å². The highest BCUT2D eigenvalue weighted by atomic mass is 16.4. The van der Waals surface area contributed by atoms with E-state index in [1.54, 1.807) is 5.57 Å². The van der Waals surface area contributed by atoms with Crippen molar-refractivity contribution >= 4 is 5.97 Å². The monoisotopic (exact) mass is 643 g/mol. The second-order valence-electron chi connectivity index (χ2n) is 17.6. The molecule has 3 heteroatoms. The van der Waals surface area contributed by atoms with Crippen LogP contribution in [-0.4, -0.2) is 22.3 Å². The first-order valence-corrected chi connectivity index (χ1v) is 20.6. The Hall–Kier alpha value is -0.830. The van der Waals surface area contributed by atoms with E-state index in [2.05, 4.69) is 47.6 Å². The number of hydrogen-bond acceptors (Lipinski definition) is 2. The number of unbranched alkanes of at least 4 members (excludes halogenated alkanes) is 12. The summed E-state index contributed by atoms with van der Waals surface area (Å²) in [6.45, 7) is 14.8. The number of hydrogen-bond donors (Lipinski definition) is 2. The van der Waals surface area contributed by atoms with Gasteiger partial charge in [0.25, 0.3) is 0 Å². The molecule has 0 unspecified atom stereocenters. The summed E-state index contributed by atoms with van der Waals surface area (Å²) in [5, 5.41) is 18.7. The second-order valence-corrected chi connectivity index (χ2v) is 17.6. The molecule has 3 saturated carbocycles. The average Bonchev–Trinajstić information content (AvgIpc) is 3.37. The maximum atomic E-state index is 10.3. The van der Waals surface area contributed by atoms with E-state index >= 15 is 0 Å². The lowest BCUT2D eigenvalue weighted by Gasteiger charge is -2.58. The minimum atomic E-state index is -0.655. The van der Waals surface area contributed by atoms with Gasteiger partial charge in [-0.25, -0.2) is 0 Å². The summed E-state index contributed by atoms with van der Waals surface area (Å²) in [5.74, 6) is 4.80. The summed E-state index contributed by atoms with van der Waals surface area (Å²) in [6, 6.07) is 0. The number of aliphatic carboxylic acids is 1. The van der Waals surface area contributed by atoms with Crippen LogP contribution in [0.2, 0.25) is 0 Å². The van der Waals surface area contributed by atoms with Crippen LogP contribution in [-0.2, 0) is 4.79 Å². The third kappa shape index (κ3) is 11.4. The molecule has 4 aliphatic rings. The molecule has 0 amide bonds. The molecular weight excluding hydrogens is 564 g/mol. The van der Waals surface area contributed by atoms with Crippen LogP contribution in [0.3, 0.4) is 0 Å². The van der Waals surface area contributed by atoms with Gasteiger partial charge in [0.05, 0.1) is 6.10 Å². The first kappa shape index (κ1) is 39.6. The molecule has 3 fully saturated rings. The van der Waals surface area contributed by atoms with Crippen molar-refractivity contribution in [2.75, 3.05) is 0 Å². The standard InChI is InChI=1S/C27H46O.C16H32O2/c1-18(2)7-6-8-19(3)23-11-12-24-22-10-9-20-17-21(28)13-15-26(20,4)25(22)14-16-27(23,24)5;1-2-3-4-5-6-7-8-9-10-11-12-13-14-15-16(17)18/h9,18-19,21-25,28H,6-8,10-17H2,1-5H3;2-15H2,1H3,(H,17,18)/t19-,21+,22+,23-,24+,25+,26+,27-;/m1./s1. The molecule has 0 spiro atoms. The molecule has 0 saturated heterocycles. The molecule has 0 bridgehead atoms. The lowest BCUT2D eigenvalue weighted by Crippen LogP contribution is -2.50. The van der Waals surface area contributed by atoms with Crippen LogP contribution < -0.4 is 0 Å². The van der Waals surface area contributed by atoms with Crippen LogP contribution in [0.15, 0.2) is 11.6 Å². The van der Waals surface area contributed by atoms with Crippen LogP contribution in [0, 0.1) is 46.3 Å². The third-order valence-electron chi connectivity index (χ3n) is 13.8. The van der Waals surface area contributed by atoms with Crippen molar-refractivity contribution < 1.29 is 15.0 Å². The van der Waals surface area contributed by atoms with Gasteiger partial charge in [0, 0.05) is 6.42 Å². The predicted octanol–water partition coefficient (Wildman–Crippen LogP) is 12.9. The molecule has 0 aromatic carbocycles. The van der Waals surface area contributed by atoms with Crippen molar-refractivity contribution in [3.05, 3.63) is 11.6 Å². The number of carbonyl (C=O) groups is 1. The van der Waals surface area contributed by atoms with Gasteiger partial charge in [0.2, 0.25) is 0 Å². The van der Waals surface area contributed by atoms with Crippen LogP contribution >= 0.6 is 0 Å². The van der Waals surface area contributed by atoms with Crippen LogP contribution in [0.25, 0.3) is 0 Å². The quantitative estimate of drug-likeness (QED) is 0.109. The van der Waals surface area contributed by atoms with E-state index in [9.17, 15) is 9.90 Å². The zero-order valence-corrected chi connectivity index (χ0v) is 31.6. The fourth-order valence-electron chi connectivity index (χ4n) is 11.0. The van der Waals surface area contributed by atoms with Crippen molar-refractivity contribution in [2.45, 2.75) is 208 Å². The molecule has 268 valence electrons. The fourth-order valence-corrected chi connectivity index (χ4v) is 11.0. The van der Waals surface area contributed by atoms with Gasteiger partial charge in [-0.05, 0) is 104 Å². The summed E-state index contributed by atoms with van der Waals surface area (Å²) >= 11 is 0. The Labute approximate surface area is 286 Å². The molecule has 8 atom stereocenters. The Balaban J connectivity index is 0.000000280. The number of carboxylic acids is 1. The fraction of sp³-hybridized carbons (Fsp3) is 0.930. The number of allylic oxidation sites excluding steroid dienone is 1. The van der Waals surface area contributed by atoms with Crippen molar-refractivity contribution in [2.24, 2.45) is 46.3 Å². The predicted molar refractivity (Wildman–Crippen MR) is 197 cm³/mol. The smallest absolute Gasteiger partial charge is 0.303 e. The topological polar surface area (TPSA) is 57.5 Å². The Morgan fingerprint density at radius 2 is 1.39 bits per heavy atom. The van der Waals surface area contributed by atoms with E-state index in [-0.39, 0.29) is 6.10 Å². The van der Waals surface area contributed by atoms with Gasteiger partial charge in [-0.15, -0.1) is 0 Å². The van der Waals surface area contributed by atoms with E-state index in [1.165, 1.54) is 128 Å². The van der Waals surface area contributed by atoms with E-state index in [1.807, 2.05) is 0 Å². The van der Waals surface area contributed by atoms with Gasteiger partial charge in [-0.3, -0.25) is 4.79 Å². The molecule has 46 heavy (non-hydrogen) atoms. The third-order valence-corrected chi connectivity index (χ3v) is 13.8. The average molecular weight is 643 g/mol. The number of fused-ring (bicyclic) bond motifs is 5. The number of aliphatic hydroxyl groups excluding tert-OH is 1. The maximum Gasteiger partial charge on any atom is 0.303 e. The first-order valence-electron chi connectivity index (χ1n) is 20.6. The van der Waals surface area contributed by atoms with Crippen molar-refractivity contribution in [3.63, 3.8) is 0 Å². The van der Waals surface area contributed by atoms with Crippen LogP contribution in [0.1, 0.15) is 202 Å². The summed E-state index contributed by atoms with van der Waals surface area (Å²) in [7, 11) is 0. The van der Waals surface area contributed by atoms with Gasteiger partial charge < -0.3 is 10.2 Å². The van der Waals surface area contributed by atoms with E-state index in [0.717, 1.165) is 61.2 Å². The second kappa shape index (κ2) is 20.0. The molecule has 0 aliphatic heterocycles. The summed E-state index contributed by atoms with van der Waals surface area (Å²) in [5.41, 5.74) is 2.60. The highest BCUT2D eigenvalue weighted by Crippen LogP contribution is 2.67. The van der Waals surface area contributed by atoms with E-state index in [4.69, 9.17) is 5.11 Å². The molecule has 0 aromatic rings. The highest BCUT2D eigenvalue weighted by molar-refractivity contribution is 5.66. The highest BCUT2D eigenvalue weighted by Gasteiger charge is 2.59. The Morgan fingerprint density at radius 1 is 0.783 bits per heavy atom. The lowest BCUT2D eigenvalue weighted by molar-refractivity contribution is -0.137. The normalized spacial score (nSPS) is 32.5. The zero-order chi connectivity index (χ0) is 33.6. The van der Waals surface area contributed by atoms with Crippen LogP contribution in [0.5, 0.6) is 0 Å². The zero-order valence-electron chi connectivity index (χ0n) is 31.6. The molecule has 4 aliphatic carbocycles. The minimum absolute atomic E-state index is 0.0766. The molecular formula is C43H78O3. The molecule has 4 rings (SSSR count). The Bertz CT molecular complexity index is 892. The lowest BCUT2D eigenvalue weighted by atomic mass is 9.47. The molecule has 0 radical (unpaired) electrons. The largest absolute Gasteiger partial charge is 0.481 e. The first-order chi connectivity index (χ1) is 22.0. The van der Waals surface area contributed by atoms with E-state index < -0.39 is 5.97 Å². The molecule has 0 heterocycles. The number of rotatable bonds is 19. The maximum absolute atomic E-state index is 10.3. The van der Waals surface area contributed by atoms with Gasteiger partial charge in [0.15, 0.2) is 0 Å². The van der Waals surface area contributed by atoms with Gasteiger partial charge in [0.1, 0.15) is 0 Å². The summed E-state index contributed by atoms with van der Waals surface area (Å²) in [4.78, 5) is 10.3. The van der Waals surface area contributed by atoms with Crippen molar-refractivity contribution in [3.8, 4) is 0 Å². The SMILES string of the molecule is CC(C)CCC[C@@H](C)[C@H]1CC[C@H]2[C@@H]3CC=C4C[C@@H](O)CC[C@]4(C)[C@H]3CC[C@]12C.CCCCCCCCCCCCCCCC(=O)O. The Kier molecular flexibility index (Phi) is 17.2. The molecule has 0 aromatic heterocycles. The summed E-state index contributed by atoms with van der Waals surface area (Å²) < 4.78 is 0. The van der Waals surface area contributed by atoms with Gasteiger partial charge in [-0.2, -0.15) is 0 Å². The van der Waals surface area contributed by atoms with Gasteiger partial charge in [-0.1, -0.05) is 150 Å². The molecule has 3 nitrogen and oxygen atoms in total. The number of carboxylic acid groups (broad SMARTS) is 1. The Morgan fingerprint density at radius 3 is 1.98 bits per heavy atom. The van der Waals surface area contributed by atoms with Crippen LogP contribution in [0.4, 0.5) is 0 Å².